The third kappa shape index (κ3) is 4.27. The molecule has 1 aliphatic heterocycles. The molecule has 0 spiro atoms. The van der Waals surface area contributed by atoms with Gasteiger partial charge in [-0.3, -0.25) is 9.58 Å². The molecule has 0 amide bonds. The lowest BCUT2D eigenvalue weighted by Crippen LogP contribution is -2.45. The van der Waals surface area contributed by atoms with Crippen LogP contribution in [0, 0.1) is 19.7 Å². The number of benzene rings is 1. The van der Waals surface area contributed by atoms with Crippen LogP contribution in [0.25, 0.3) is 0 Å². The van der Waals surface area contributed by atoms with Crippen LogP contribution in [0.15, 0.2) is 24.3 Å². The SMILES string of the molecule is Cc1nn(C(C)(C)C)c(C)c1CN1CCNCC1c1cccc(F)c1.Cl. The van der Waals surface area contributed by atoms with E-state index in [-0.39, 0.29) is 29.8 Å². The van der Waals surface area contributed by atoms with Gasteiger partial charge < -0.3 is 5.32 Å². The van der Waals surface area contributed by atoms with Gasteiger partial charge in [0.2, 0.25) is 0 Å². The van der Waals surface area contributed by atoms with Crippen molar-refractivity contribution in [2.45, 2.75) is 52.7 Å². The third-order valence-corrected chi connectivity index (χ3v) is 5.03. The molecular formula is C20H30ClFN4. The highest BCUT2D eigenvalue weighted by atomic mass is 35.5. The summed E-state index contributed by atoms with van der Waals surface area (Å²) in [6.07, 6.45) is 0. The monoisotopic (exact) mass is 380 g/mol. The number of aryl methyl sites for hydroxylation is 1. The topological polar surface area (TPSA) is 33.1 Å². The minimum Gasteiger partial charge on any atom is -0.314 e. The predicted molar refractivity (Wildman–Crippen MR) is 106 cm³/mol. The molecule has 0 aliphatic carbocycles. The average Bonchev–Trinajstić information content (AvgIpc) is 2.84. The second-order valence-corrected chi connectivity index (χ2v) is 7.98. The van der Waals surface area contributed by atoms with Gasteiger partial charge in [0.1, 0.15) is 5.82 Å². The maximum Gasteiger partial charge on any atom is 0.123 e. The Hall–Kier alpha value is -1.43. The molecule has 1 atom stereocenters. The summed E-state index contributed by atoms with van der Waals surface area (Å²) in [7, 11) is 0. The third-order valence-electron chi connectivity index (χ3n) is 5.03. The molecule has 0 bridgehead atoms. The van der Waals surface area contributed by atoms with Gasteiger partial charge in [0.25, 0.3) is 0 Å². The molecule has 1 aliphatic rings. The van der Waals surface area contributed by atoms with E-state index in [2.05, 4.69) is 49.5 Å². The fraction of sp³-hybridized carbons (Fsp3) is 0.550. The van der Waals surface area contributed by atoms with E-state index in [1.165, 1.54) is 17.3 Å². The summed E-state index contributed by atoms with van der Waals surface area (Å²) in [5.41, 5.74) is 4.60. The van der Waals surface area contributed by atoms with Gasteiger partial charge in [0.15, 0.2) is 0 Å². The van der Waals surface area contributed by atoms with Crippen LogP contribution in [0.3, 0.4) is 0 Å². The number of hydrogen-bond acceptors (Lipinski definition) is 3. The predicted octanol–water partition coefficient (Wildman–Crippen LogP) is 3.96. The van der Waals surface area contributed by atoms with Gasteiger partial charge >= 0.3 is 0 Å². The Kier molecular flexibility index (Phi) is 6.48. The van der Waals surface area contributed by atoms with Gasteiger partial charge in [-0.05, 0) is 52.3 Å². The molecule has 0 saturated carbocycles. The zero-order valence-corrected chi connectivity index (χ0v) is 17.2. The first kappa shape index (κ1) is 20.9. The van der Waals surface area contributed by atoms with E-state index in [0.29, 0.717) is 0 Å². The molecule has 1 aromatic carbocycles. The lowest BCUT2D eigenvalue weighted by atomic mass is 10.0. The van der Waals surface area contributed by atoms with Crippen molar-refractivity contribution in [3.05, 3.63) is 52.6 Å². The Bertz CT molecular complexity index is 751. The Morgan fingerprint density at radius 1 is 1.27 bits per heavy atom. The smallest absolute Gasteiger partial charge is 0.123 e. The number of halogens is 2. The molecule has 1 aromatic heterocycles. The van der Waals surface area contributed by atoms with Crippen molar-refractivity contribution in [2.75, 3.05) is 19.6 Å². The van der Waals surface area contributed by atoms with Crippen LogP contribution in [-0.4, -0.2) is 34.3 Å². The molecule has 0 radical (unpaired) electrons. The Morgan fingerprint density at radius 3 is 2.62 bits per heavy atom. The molecule has 1 N–H and O–H groups in total. The summed E-state index contributed by atoms with van der Waals surface area (Å²) in [4.78, 5) is 2.44. The van der Waals surface area contributed by atoms with E-state index in [0.717, 1.165) is 37.4 Å². The normalized spacial score (nSPS) is 18.6. The van der Waals surface area contributed by atoms with Crippen LogP contribution in [0.2, 0.25) is 0 Å². The number of piperazine rings is 1. The maximum atomic E-state index is 13.7. The summed E-state index contributed by atoms with van der Waals surface area (Å²) < 4.78 is 15.8. The molecule has 1 fully saturated rings. The molecule has 1 saturated heterocycles. The Morgan fingerprint density at radius 2 is 2.00 bits per heavy atom. The second-order valence-electron chi connectivity index (χ2n) is 7.98. The van der Waals surface area contributed by atoms with Crippen molar-refractivity contribution in [3.8, 4) is 0 Å². The van der Waals surface area contributed by atoms with Crippen LogP contribution >= 0.6 is 12.4 Å². The lowest BCUT2D eigenvalue weighted by Gasteiger charge is -2.36. The van der Waals surface area contributed by atoms with E-state index in [1.54, 1.807) is 12.1 Å². The van der Waals surface area contributed by atoms with Crippen LogP contribution in [-0.2, 0) is 12.1 Å². The molecule has 6 heteroatoms. The summed E-state index contributed by atoms with van der Waals surface area (Å²) in [5, 5.41) is 8.22. The van der Waals surface area contributed by atoms with Crippen LogP contribution in [0.1, 0.15) is 49.3 Å². The fourth-order valence-electron chi connectivity index (χ4n) is 3.74. The first-order chi connectivity index (χ1) is 11.8. The zero-order chi connectivity index (χ0) is 18.2. The van der Waals surface area contributed by atoms with Crippen molar-refractivity contribution in [1.29, 1.82) is 0 Å². The molecule has 4 nitrogen and oxygen atoms in total. The van der Waals surface area contributed by atoms with Gasteiger partial charge in [0.05, 0.1) is 11.2 Å². The van der Waals surface area contributed by atoms with Crippen LogP contribution < -0.4 is 5.32 Å². The van der Waals surface area contributed by atoms with Crippen molar-refractivity contribution < 1.29 is 4.39 Å². The van der Waals surface area contributed by atoms with Crippen molar-refractivity contribution >= 4 is 12.4 Å². The first-order valence-corrected chi connectivity index (χ1v) is 9.03. The number of rotatable bonds is 3. The van der Waals surface area contributed by atoms with E-state index in [4.69, 9.17) is 5.10 Å². The van der Waals surface area contributed by atoms with Crippen LogP contribution in [0.4, 0.5) is 4.39 Å². The quantitative estimate of drug-likeness (QED) is 0.874. The number of aromatic nitrogens is 2. The fourth-order valence-corrected chi connectivity index (χ4v) is 3.74. The summed E-state index contributed by atoms with van der Waals surface area (Å²) in [6.45, 7) is 14.4. The number of nitrogens with zero attached hydrogens (tertiary/aromatic N) is 3. The highest BCUT2D eigenvalue weighted by Crippen LogP contribution is 2.28. The molecule has 1 unspecified atom stereocenters. The largest absolute Gasteiger partial charge is 0.314 e. The van der Waals surface area contributed by atoms with Crippen LogP contribution in [0.5, 0.6) is 0 Å². The van der Waals surface area contributed by atoms with Gasteiger partial charge in [0, 0.05) is 43.5 Å². The van der Waals surface area contributed by atoms with E-state index >= 15 is 0 Å². The highest BCUT2D eigenvalue weighted by molar-refractivity contribution is 5.85. The van der Waals surface area contributed by atoms with Gasteiger partial charge in [-0.1, -0.05) is 12.1 Å². The Balaban J connectivity index is 0.00000243. The van der Waals surface area contributed by atoms with Gasteiger partial charge in [-0.15, -0.1) is 12.4 Å². The standard InChI is InChI=1S/C20H29FN4.ClH/c1-14-18(15(2)25(23-14)20(3,4)5)13-24-10-9-22-12-19(24)16-7-6-8-17(21)11-16;/h6-8,11,19,22H,9-10,12-13H2,1-5H3;1H. The molecule has 26 heavy (non-hydrogen) atoms. The minimum absolute atomic E-state index is 0. The van der Waals surface area contributed by atoms with E-state index in [9.17, 15) is 4.39 Å². The van der Waals surface area contributed by atoms with Crippen molar-refractivity contribution in [3.63, 3.8) is 0 Å². The zero-order valence-electron chi connectivity index (χ0n) is 16.3. The minimum atomic E-state index is -0.170. The number of nitrogens with one attached hydrogen (secondary N) is 1. The molecule has 2 aromatic rings. The van der Waals surface area contributed by atoms with Gasteiger partial charge in [-0.2, -0.15) is 5.10 Å². The first-order valence-electron chi connectivity index (χ1n) is 9.03. The molecular weight excluding hydrogens is 351 g/mol. The maximum absolute atomic E-state index is 13.7. The highest BCUT2D eigenvalue weighted by Gasteiger charge is 2.27. The van der Waals surface area contributed by atoms with E-state index in [1.807, 2.05) is 6.07 Å². The molecule has 144 valence electrons. The van der Waals surface area contributed by atoms with Gasteiger partial charge in [-0.25, -0.2) is 4.39 Å². The van der Waals surface area contributed by atoms with Crippen molar-refractivity contribution in [2.24, 2.45) is 0 Å². The summed E-state index contributed by atoms with van der Waals surface area (Å²) in [5.74, 6) is -0.170. The Labute approximate surface area is 162 Å². The second kappa shape index (κ2) is 8.07. The summed E-state index contributed by atoms with van der Waals surface area (Å²) in [6, 6.07) is 7.16. The van der Waals surface area contributed by atoms with E-state index < -0.39 is 0 Å². The number of hydrogen-bond donors (Lipinski definition) is 1. The molecule has 3 rings (SSSR count). The summed E-state index contributed by atoms with van der Waals surface area (Å²) >= 11 is 0. The van der Waals surface area contributed by atoms with Crippen molar-refractivity contribution in [1.82, 2.24) is 20.0 Å². The molecule has 2 heterocycles. The average molecular weight is 381 g/mol. The lowest BCUT2D eigenvalue weighted by molar-refractivity contribution is 0.153.